The number of aromatic nitrogens is 2. The third-order valence-electron chi connectivity index (χ3n) is 5.13. The lowest BCUT2D eigenvalue weighted by atomic mass is 10.1. The molecule has 1 aromatic heterocycles. The summed E-state index contributed by atoms with van der Waals surface area (Å²) in [7, 11) is 0. The highest BCUT2D eigenvalue weighted by Gasteiger charge is 2.43. The molecule has 1 saturated carbocycles. The Labute approximate surface area is 154 Å². The van der Waals surface area contributed by atoms with Crippen molar-refractivity contribution in [2.24, 2.45) is 5.41 Å². The fourth-order valence-electron chi connectivity index (χ4n) is 3.31. The van der Waals surface area contributed by atoms with E-state index in [2.05, 4.69) is 33.5 Å². The fraction of sp³-hybridized carbons (Fsp3) is 0.350. The Morgan fingerprint density at radius 2 is 2.04 bits per heavy atom. The molecule has 1 heterocycles. The van der Waals surface area contributed by atoms with Crippen LogP contribution in [-0.4, -0.2) is 21.3 Å². The Morgan fingerprint density at radius 1 is 1.24 bits per heavy atom. The summed E-state index contributed by atoms with van der Waals surface area (Å²) in [4.78, 5) is 4.76. The van der Waals surface area contributed by atoms with Gasteiger partial charge in [-0.05, 0) is 55.2 Å². The average Bonchev–Trinajstić information content (AvgIpc) is 3.29. The number of fused-ring (bicyclic) bond motifs is 1. The number of aliphatic hydroxyl groups excluding tert-OH is 1. The van der Waals surface area contributed by atoms with Crippen LogP contribution >= 0.6 is 15.9 Å². The minimum Gasteiger partial charge on any atom is -0.396 e. The maximum Gasteiger partial charge on any atom is 0.127 e. The smallest absolute Gasteiger partial charge is 0.127 e. The van der Waals surface area contributed by atoms with Crippen molar-refractivity contribution in [3.05, 3.63) is 63.6 Å². The summed E-state index contributed by atoms with van der Waals surface area (Å²) in [6.45, 7) is 2.98. The standard InChI is InChI=1S/C20H20BrFN2O/c1-13-2-5-17-18(8-13)24(11-20(12-25)6-7-20)19(23-17)9-14-3-4-15(21)10-16(14)22/h2-5,8,10,25H,6-7,9,11-12H2,1H3. The van der Waals surface area contributed by atoms with E-state index in [9.17, 15) is 9.50 Å². The second-order valence-corrected chi connectivity index (χ2v) is 8.09. The second-order valence-electron chi connectivity index (χ2n) is 7.18. The van der Waals surface area contributed by atoms with Crippen LogP contribution in [0.25, 0.3) is 11.0 Å². The number of aliphatic hydroxyl groups is 1. The molecule has 25 heavy (non-hydrogen) atoms. The predicted octanol–water partition coefficient (Wildman–Crippen LogP) is 4.61. The summed E-state index contributed by atoms with van der Waals surface area (Å²) in [6, 6.07) is 11.3. The van der Waals surface area contributed by atoms with Gasteiger partial charge in [-0.3, -0.25) is 0 Å². The van der Waals surface area contributed by atoms with E-state index >= 15 is 0 Å². The van der Waals surface area contributed by atoms with Gasteiger partial charge < -0.3 is 9.67 Å². The van der Waals surface area contributed by atoms with Crippen molar-refractivity contribution in [2.45, 2.75) is 32.7 Å². The summed E-state index contributed by atoms with van der Waals surface area (Å²) >= 11 is 3.30. The number of aryl methyl sites for hydroxylation is 1. The normalized spacial score (nSPS) is 15.7. The molecular formula is C20H20BrFN2O. The summed E-state index contributed by atoms with van der Waals surface area (Å²) < 4.78 is 17.2. The molecule has 4 rings (SSSR count). The lowest BCUT2D eigenvalue weighted by molar-refractivity contribution is 0.195. The predicted molar refractivity (Wildman–Crippen MR) is 100 cm³/mol. The molecule has 0 atom stereocenters. The van der Waals surface area contributed by atoms with Crippen LogP contribution in [0.2, 0.25) is 0 Å². The van der Waals surface area contributed by atoms with E-state index < -0.39 is 0 Å². The summed E-state index contributed by atoms with van der Waals surface area (Å²) in [5.74, 6) is 0.619. The molecule has 5 heteroatoms. The largest absolute Gasteiger partial charge is 0.396 e. The van der Waals surface area contributed by atoms with Crippen molar-refractivity contribution in [3.8, 4) is 0 Å². The molecule has 0 aliphatic heterocycles. The zero-order chi connectivity index (χ0) is 17.6. The number of hydrogen-bond acceptors (Lipinski definition) is 2. The monoisotopic (exact) mass is 402 g/mol. The Kier molecular flexibility index (Phi) is 4.16. The van der Waals surface area contributed by atoms with E-state index in [1.807, 2.05) is 18.2 Å². The van der Waals surface area contributed by atoms with Gasteiger partial charge in [-0.1, -0.05) is 28.1 Å². The minimum absolute atomic E-state index is 0.0373. The van der Waals surface area contributed by atoms with Crippen LogP contribution in [0, 0.1) is 18.2 Å². The van der Waals surface area contributed by atoms with E-state index in [4.69, 9.17) is 4.98 Å². The maximum absolute atomic E-state index is 14.3. The third kappa shape index (κ3) is 3.23. The molecule has 1 aliphatic carbocycles. The van der Waals surface area contributed by atoms with Crippen LogP contribution in [-0.2, 0) is 13.0 Å². The van der Waals surface area contributed by atoms with Crippen LogP contribution in [0.5, 0.6) is 0 Å². The lowest BCUT2D eigenvalue weighted by Crippen LogP contribution is -2.18. The van der Waals surface area contributed by atoms with Gasteiger partial charge in [0.05, 0.1) is 17.6 Å². The summed E-state index contributed by atoms with van der Waals surface area (Å²) in [5, 5.41) is 9.74. The van der Waals surface area contributed by atoms with E-state index in [1.165, 1.54) is 11.6 Å². The fourth-order valence-corrected chi connectivity index (χ4v) is 3.64. The van der Waals surface area contributed by atoms with Crippen LogP contribution in [0.4, 0.5) is 4.39 Å². The zero-order valence-corrected chi connectivity index (χ0v) is 15.7. The minimum atomic E-state index is -0.229. The maximum atomic E-state index is 14.3. The van der Waals surface area contributed by atoms with Crippen LogP contribution in [0.15, 0.2) is 40.9 Å². The van der Waals surface area contributed by atoms with Gasteiger partial charge in [-0.25, -0.2) is 9.37 Å². The molecular weight excluding hydrogens is 383 g/mol. The van der Waals surface area contributed by atoms with Crippen LogP contribution in [0.1, 0.15) is 29.8 Å². The van der Waals surface area contributed by atoms with Gasteiger partial charge in [-0.2, -0.15) is 0 Å². The molecule has 0 amide bonds. The molecule has 130 valence electrons. The Bertz CT molecular complexity index is 946. The van der Waals surface area contributed by atoms with Crippen molar-refractivity contribution in [3.63, 3.8) is 0 Å². The third-order valence-corrected chi connectivity index (χ3v) is 5.63. The van der Waals surface area contributed by atoms with E-state index in [-0.39, 0.29) is 17.8 Å². The number of benzene rings is 2. The summed E-state index contributed by atoms with van der Waals surface area (Å²) in [6.07, 6.45) is 2.50. The van der Waals surface area contributed by atoms with E-state index in [0.29, 0.717) is 12.0 Å². The Morgan fingerprint density at radius 3 is 2.72 bits per heavy atom. The first-order chi connectivity index (χ1) is 12.0. The lowest BCUT2D eigenvalue weighted by Gasteiger charge is -2.16. The first kappa shape index (κ1) is 16.7. The molecule has 1 N–H and O–H groups in total. The summed E-state index contributed by atoms with van der Waals surface area (Å²) in [5.41, 5.74) is 3.75. The number of nitrogens with zero attached hydrogens (tertiary/aromatic N) is 2. The molecule has 0 radical (unpaired) electrons. The van der Waals surface area contributed by atoms with Crippen molar-refractivity contribution in [1.82, 2.24) is 9.55 Å². The molecule has 0 spiro atoms. The molecule has 0 unspecified atom stereocenters. The Balaban J connectivity index is 1.79. The van der Waals surface area contributed by atoms with E-state index in [1.54, 1.807) is 6.07 Å². The highest BCUT2D eigenvalue weighted by molar-refractivity contribution is 9.10. The van der Waals surface area contributed by atoms with Crippen molar-refractivity contribution < 1.29 is 9.50 Å². The first-order valence-corrected chi connectivity index (χ1v) is 9.30. The van der Waals surface area contributed by atoms with Gasteiger partial charge in [0.15, 0.2) is 0 Å². The van der Waals surface area contributed by atoms with Gasteiger partial charge in [0.25, 0.3) is 0 Å². The van der Waals surface area contributed by atoms with Crippen molar-refractivity contribution in [1.29, 1.82) is 0 Å². The molecule has 1 aliphatic rings. The first-order valence-electron chi connectivity index (χ1n) is 8.50. The molecule has 0 bridgehead atoms. The highest BCUT2D eigenvalue weighted by Crippen LogP contribution is 2.47. The number of rotatable bonds is 5. The quantitative estimate of drug-likeness (QED) is 0.676. The van der Waals surface area contributed by atoms with E-state index in [0.717, 1.165) is 40.7 Å². The van der Waals surface area contributed by atoms with Crippen LogP contribution in [0.3, 0.4) is 0 Å². The van der Waals surface area contributed by atoms with Crippen molar-refractivity contribution >= 4 is 27.0 Å². The topological polar surface area (TPSA) is 38.0 Å². The highest BCUT2D eigenvalue weighted by atomic mass is 79.9. The second kappa shape index (κ2) is 6.22. The molecule has 0 saturated heterocycles. The van der Waals surface area contributed by atoms with Gasteiger partial charge in [0.2, 0.25) is 0 Å². The number of hydrogen-bond donors (Lipinski definition) is 1. The number of imidazole rings is 1. The number of halogens is 2. The molecule has 2 aromatic carbocycles. The van der Waals surface area contributed by atoms with Gasteiger partial charge >= 0.3 is 0 Å². The van der Waals surface area contributed by atoms with Crippen molar-refractivity contribution in [2.75, 3.05) is 6.61 Å². The van der Waals surface area contributed by atoms with Gasteiger partial charge in [-0.15, -0.1) is 0 Å². The van der Waals surface area contributed by atoms with Gasteiger partial charge in [0, 0.05) is 22.9 Å². The van der Waals surface area contributed by atoms with Gasteiger partial charge in [0.1, 0.15) is 11.6 Å². The molecule has 3 nitrogen and oxygen atoms in total. The zero-order valence-electron chi connectivity index (χ0n) is 14.1. The molecule has 1 fully saturated rings. The Hall–Kier alpha value is -1.72. The average molecular weight is 403 g/mol. The SMILES string of the molecule is Cc1ccc2nc(Cc3ccc(Br)cc3F)n(CC3(CO)CC3)c2c1. The molecule has 3 aromatic rings. The van der Waals surface area contributed by atoms with Crippen LogP contribution < -0.4 is 0 Å².